The molecule has 0 radical (unpaired) electrons. The Balaban J connectivity index is 1.78. The summed E-state index contributed by atoms with van der Waals surface area (Å²) in [5, 5.41) is 10.2. The van der Waals surface area contributed by atoms with Crippen molar-refractivity contribution in [1.82, 2.24) is 4.90 Å². The van der Waals surface area contributed by atoms with E-state index >= 15 is 8.78 Å². The molecular weight excluding hydrogens is 576 g/mol. The van der Waals surface area contributed by atoms with Gasteiger partial charge in [-0.05, 0) is 26.3 Å². The quantitative estimate of drug-likeness (QED) is 0.392. The molecule has 2 aromatic rings. The third-order valence-corrected chi connectivity index (χ3v) is 7.12. The second kappa shape index (κ2) is 12.6. The predicted molar refractivity (Wildman–Crippen MR) is 156 cm³/mol. The van der Waals surface area contributed by atoms with Crippen LogP contribution in [0.3, 0.4) is 0 Å². The third kappa shape index (κ3) is 6.15. The molecule has 11 nitrogen and oxygen atoms in total. The van der Waals surface area contributed by atoms with E-state index in [2.05, 4.69) is 0 Å². The Labute approximate surface area is 253 Å². The molecule has 0 aromatic heterocycles. The van der Waals surface area contributed by atoms with E-state index in [-0.39, 0.29) is 54.5 Å². The summed E-state index contributed by atoms with van der Waals surface area (Å²) in [4.78, 5) is 42.7. The van der Waals surface area contributed by atoms with Gasteiger partial charge < -0.3 is 29.7 Å². The predicted octanol–water partition coefficient (Wildman–Crippen LogP) is 3.92. The highest BCUT2D eigenvalue weighted by Crippen LogP contribution is 2.44. The lowest BCUT2D eigenvalue weighted by molar-refractivity contribution is -0.139. The number of amides is 1. The van der Waals surface area contributed by atoms with Gasteiger partial charge in [0.2, 0.25) is 0 Å². The summed E-state index contributed by atoms with van der Waals surface area (Å²) < 4.78 is 46.8. The molecule has 44 heavy (non-hydrogen) atoms. The van der Waals surface area contributed by atoms with Crippen molar-refractivity contribution in [1.29, 1.82) is 5.26 Å². The Kier molecular flexibility index (Phi) is 9.13. The number of esters is 2. The zero-order valence-electron chi connectivity index (χ0n) is 25.0. The lowest BCUT2D eigenvalue weighted by atomic mass is 9.81. The first-order valence-corrected chi connectivity index (χ1v) is 13.7. The van der Waals surface area contributed by atoms with Crippen LogP contribution in [0.2, 0.25) is 0 Å². The van der Waals surface area contributed by atoms with E-state index in [4.69, 9.17) is 19.9 Å². The van der Waals surface area contributed by atoms with Crippen LogP contribution < -0.4 is 15.5 Å². The first-order valence-electron chi connectivity index (χ1n) is 13.7. The highest BCUT2D eigenvalue weighted by Gasteiger charge is 2.43. The lowest BCUT2D eigenvalue weighted by Crippen LogP contribution is -2.50. The number of allylic oxidation sites excluding steroid dienone is 1. The summed E-state index contributed by atoms with van der Waals surface area (Å²) in [6.45, 7) is 5.81. The molecule has 0 aliphatic carbocycles. The minimum Gasteiger partial charge on any atom is -0.466 e. The summed E-state index contributed by atoms with van der Waals surface area (Å²) in [5.41, 5.74) is 4.68. The molecule has 13 heteroatoms. The second-order valence-corrected chi connectivity index (χ2v) is 11.0. The van der Waals surface area contributed by atoms with Crippen LogP contribution in [0.25, 0.3) is 0 Å². The molecule has 1 saturated heterocycles. The molecule has 1 unspecified atom stereocenters. The van der Waals surface area contributed by atoms with Gasteiger partial charge in [0.1, 0.15) is 22.8 Å². The van der Waals surface area contributed by atoms with Crippen molar-refractivity contribution in [2.75, 3.05) is 50.2 Å². The van der Waals surface area contributed by atoms with Crippen LogP contribution in [-0.4, -0.2) is 68.9 Å². The summed E-state index contributed by atoms with van der Waals surface area (Å²) in [5.74, 6) is -5.46. The Hall–Kier alpha value is -5.12. The normalized spacial score (nSPS) is 17.3. The van der Waals surface area contributed by atoms with Crippen LogP contribution in [0.15, 0.2) is 65.1 Å². The number of nitriles is 1. The number of hydrogen-bond donors (Lipinski definition) is 1. The number of anilines is 2. The monoisotopic (exact) mass is 609 g/mol. The van der Waals surface area contributed by atoms with Crippen LogP contribution in [0.5, 0.6) is 0 Å². The van der Waals surface area contributed by atoms with Gasteiger partial charge in [0, 0.05) is 38.3 Å². The number of carbonyl (C=O) groups is 3. The van der Waals surface area contributed by atoms with E-state index in [0.717, 1.165) is 31.3 Å². The van der Waals surface area contributed by atoms with Crippen molar-refractivity contribution < 1.29 is 37.4 Å². The lowest BCUT2D eigenvalue weighted by Gasteiger charge is -2.38. The summed E-state index contributed by atoms with van der Waals surface area (Å²) >= 11 is 0. The number of rotatable bonds is 5. The molecule has 2 aliphatic heterocycles. The molecule has 1 fully saturated rings. The first-order chi connectivity index (χ1) is 20.8. The number of piperazine rings is 1. The summed E-state index contributed by atoms with van der Waals surface area (Å²) in [6.07, 6.45) is -0.522. The molecule has 2 aliphatic rings. The van der Waals surface area contributed by atoms with Crippen LogP contribution in [-0.2, 0) is 23.8 Å². The van der Waals surface area contributed by atoms with E-state index < -0.39 is 46.9 Å². The number of carbonyl (C=O) groups excluding carboxylic acids is 3. The van der Waals surface area contributed by atoms with E-state index in [1.165, 1.54) is 9.80 Å². The zero-order chi connectivity index (χ0) is 32.3. The fourth-order valence-electron chi connectivity index (χ4n) is 5.20. The first kappa shape index (κ1) is 31.8. The number of hydrogen-bond acceptors (Lipinski definition) is 10. The largest absolute Gasteiger partial charge is 0.466 e. The van der Waals surface area contributed by atoms with Crippen molar-refractivity contribution in [3.63, 3.8) is 0 Å². The maximum atomic E-state index is 15.7. The molecule has 4 rings (SSSR count). The smallest absolute Gasteiger partial charge is 0.410 e. The fraction of sp³-hybridized carbons (Fsp3) is 0.355. The maximum absolute atomic E-state index is 15.7. The van der Waals surface area contributed by atoms with Gasteiger partial charge in [0.15, 0.2) is 11.6 Å². The fourth-order valence-corrected chi connectivity index (χ4v) is 5.20. The van der Waals surface area contributed by atoms with Gasteiger partial charge >= 0.3 is 18.0 Å². The van der Waals surface area contributed by atoms with Crippen molar-refractivity contribution in [2.45, 2.75) is 32.3 Å². The van der Waals surface area contributed by atoms with Crippen molar-refractivity contribution in [3.05, 3.63) is 82.3 Å². The van der Waals surface area contributed by atoms with Gasteiger partial charge in [-0.25, -0.2) is 23.2 Å². The topological polar surface area (TPSA) is 138 Å². The number of ether oxygens (including phenoxy) is 3. The van der Waals surface area contributed by atoms with Crippen molar-refractivity contribution >= 4 is 29.4 Å². The Morgan fingerprint density at radius 1 is 0.955 bits per heavy atom. The molecule has 1 amide bonds. The zero-order valence-corrected chi connectivity index (χ0v) is 25.0. The molecule has 1 atom stereocenters. The number of nitrogens with two attached hydrogens (primary N) is 1. The van der Waals surface area contributed by atoms with Gasteiger partial charge in [0.05, 0.1) is 43.0 Å². The van der Waals surface area contributed by atoms with Gasteiger partial charge in [0.25, 0.3) is 0 Å². The minimum atomic E-state index is -1.13. The Morgan fingerprint density at radius 2 is 1.52 bits per heavy atom. The van der Waals surface area contributed by atoms with E-state index in [0.29, 0.717) is 5.56 Å². The second-order valence-electron chi connectivity index (χ2n) is 11.0. The number of halogens is 2. The van der Waals surface area contributed by atoms with E-state index in [9.17, 15) is 19.6 Å². The molecule has 2 N–H and O–H groups in total. The van der Waals surface area contributed by atoms with Gasteiger partial charge in [-0.2, -0.15) is 5.26 Å². The van der Waals surface area contributed by atoms with Gasteiger partial charge in [-0.1, -0.05) is 30.3 Å². The maximum Gasteiger partial charge on any atom is 0.410 e. The van der Waals surface area contributed by atoms with Gasteiger partial charge in [-0.3, -0.25) is 4.90 Å². The SMILES string of the molecule is COC(=O)C1=C(C(=O)OC)N(c2cc(F)c(N3CCN(C(=O)OC(C)(C)C)CC3)c(F)c2)C(N)=C(C#N)C1c1ccccc1. The third-order valence-electron chi connectivity index (χ3n) is 7.12. The number of benzene rings is 2. The molecule has 2 heterocycles. The Morgan fingerprint density at radius 3 is 2.02 bits per heavy atom. The van der Waals surface area contributed by atoms with E-state index in [1.54, 1.807) is 51.1 Å². The molecule has 2 aromatic carbocycles. The highest BCUT2D eigenvalue weighted by atomic mass is 19.1. The molecular formula is C31H33F2N5O6. The Bertz CT molecular complexity index is 1550. The molecule has 0 saturated carbocycles. The number of methoxy groups -OCH3 is 2. The average molecular weight is 610 g/mol. The van der Waals surface area contributed by atoms with Crippen LogP contribution >= 0.6 is 0 Å². The van der Waals surface area contributed by atoms with Crippen molar-refractivity contribution in [3.8, 4) is 6.07 Å². The van der Waals surface area contributed by atoms with Crippen LogP contribution in [0.4, 0.5) is 25.0 Å². The summed E-state index contributed by atoms with van der Waals surface area (Å²) in [7, 11) is 2.17. The van der Waals surface area contributed by atoms with E-state index in [1.807, 2.05) is 6.07 Å². The van der Waals surface area contributed by atoms with Crippen molar-refractivity contribution in [2.24, 2.45) is 5.73 Å². The van der Waals surface area contributed by atoms with Crippen LogP contribution in [0.1, 0.15) is 32.3 Å². The number of nitrogens with zero attached hydrogens (tertiary/aromatic N) is 4. The van der Waals surface area contributed by atoms with Crippen LogP contribution in [0, 0.1) is 23.0 Å². The average Bonchev–Trinajstić information content (AvgIpc) is 2.99. The summed E-state index contributed by atoms with van der Waals surface area (Å²) in [6, 6.07) is 12.2. The van der Waals surface area contributed by atoms with Gasteiger partial charge in [-0.15, -0.1) is 0 Å². The highest BCUT2D eigenvalue weighted by molar-refractivity contribution is 6.06. The standard InChI is InChI=1S/C31H33F2N5O6/c1-31(2,3)44-30(41)37-13-11-36(12-14-37)25-21(32)15-19(16-22(25)33)38-26(29(40)43-5)24(28(39)42-4)23(20(17-34)27(38)35)18-9-7-6-8-10-18/h6-10,15-16,23H,11-14,35H2,1-5H3. The minimum absolute atomic E-state index is 0.120. The molecule has 0 bridgehead atoms. The molecule has 0 spiro atoms. The molecule has 232 valence electrons.